The molecule has 2 saturated heterocycles. The third-order valence-electron chi connectivity index (χ3n) is 2.43. The third-order valence-corrected chi connectivity index (χ3v) is 2.43. The molecule has 0 aromatic carbocycles. The molecule has 0 amide bonds. The lowest BCUT2D eigenvalue weighted by molar-refractivity contribution is 0.207. The summed E-state index contributed by atoms with van der Waals surface area (Å²) in [4.78, 5) is 2.25. The normalized spacial score (nSPS) is 34.8. The van der Waals surface area contributed by atoms with Gasteiger partial charge in [-0.1, -0.05) is 0 Å². The SMILES string of the molecule is Cl.Cl.F[C@@H]1C[C@H]2CNCCN2C1. The van der Waals surface area contributed by atoms with Crippen LogP contribution < -0.4 is 5.32 Å². The van der Waals surface area contributed by atoms with Crippen LogP contribution in [0.2, 0.25) is 0 Å². The van der Waals surface area contributed by atoms with Crippen LogP contribution in [0.1, 0.15) is 6.42 Å². The average Bonchev–Trinajstić information content (AvgIpc) is 2.27. The van der Waals surface area contributed by atoms with Crippen molar-refractivity contribution in [2.75, 3.05) is 26.2 Å². The minimum Gasteiger partial charge on any atom is -0.314 e. The van der Waals surface area contributed by atoms with E-state index in [2.05, 4.69) is 10.2 Å². The molecular weight excluding hydrogens is 202 g/mol. The Labute approximate surface area is 84.7 Å². The lowest BCUT2D eigenvalue weighted by Gasteiger charge is -2.29. The zero-order chi connectivity index (χ0) is 6.97. The largest absolute Gasteiger partial charge is 0.314 e. The topological polar surface area (TPSA) is 15.3 Å². The van der Waals surface area contributed by atoms with E-state index in [1.54, 1.807) is 0 Å². The van der Waals surface area contributed by atoms with Gasteiger partial charge >= 0.3 is 0 Å². The van der Waals surface area contributed by atoms with Crippen LogP contribution in [0.15, 0.2) is 0 Å². The quantitative estimate of drug-likeness (QED) is 0.647. The standard InChI is InChI=1S/C7H13FN2.2ClH/c8-6-3-7-4-9-1-2-10(7)5-6;;/h6-7,9H,1-5H2;2*1H/t6-,7+;;/m1../s1. The van der Waals surface area contributed by atoms with Crippen LogP contribution >= 0.6 is 24.8 Å². The molecule has 0 bridgehead atoms. The van der Waals surface area contributed by atoms with Gasteiger partial charge < -0.3 is 5.32 Å². The molecule has 2 fully saturated rings. The zero-order valence-electron chi connectivity index (χ0n) is 6.83. The molecule has 2 atom stereocenters. The molecule has 74 valence electrons. The Hall–Kier alpha value is 0.430. The predicted molar refractivity (Wildman–Crippen MR) is 52.2 cm³/mol. The van der Waals surface area contributed by atoms with E-state index in [-0.39, 0.29) is 24.8 Å². The molecule has 0 spiro atoms. The Morgan fingerprint density at radius 3 is 2.75 bits per heavy atom. The molecular formula is C7H15Cl2FN2. The second kappa shape index (κ2) is 5.22. The van der Waals surface area contributed by atoms with E-state index >= 15 is 0 Å². The van der Waals surface area contributed by atoms with Crippen LogP contribution in [-0.4, -0.2) is 43.3 Å². The first-order chi connectivity index (χ1) is 4.86. The maximum atomic E-state index is 12.8. The summed E-state index contributed by atoms with van der Waals surface area (Å²) in [7, 11) is 0. The van der Waals surface area contributed by atoms with Gasteiger partial charge in [0, 0.05) is 32.2 Å². The van der Waals surface area contributed by atoms with Crippen molar-refractivity contribution in [3.05, 3.63) is 0 Å². The van der Waals surface area contributed by atoms with Gasteiger partial charge in [0.25, 0.3) is 0 Å². The molecule has 0 unspecified atom stereocenters. The van der Waals surface area contributed by atoms with Crippen LogP contribution in [-0.2, 0) is 0 Å². The summed E-state index contributed by atoms with van der Waals surface area (Å²) >= 11 is 0. The molecule has 0 aromatic heterocycles. The van der Waals surface area contributed by atoms with Crippen LogP contribution in [0, 0.1) is 0 Å². The average molecular weight is 217 g/mol. The summed E-state index contributed by atoms with van der Waals surface area (Å²) in [5.41, 5.74) is 0. The number of rotatable bonds is 0. The van der Waals surface area contributed by atoms with Crippen molar-refractivity contribution < 1.29 is 4.39 Å². The van der Waals surface area contributed by atoms with Gasteiger partial charge in [-0.05, 0) is 6.42 Å². The number of nitrogens with one attached hydrogen (secondary N) is 1. The van der Waals surface area contributed by atoms with E-state index < -0.39 is 6.17 Å². The summed E-state index contributed by atoms with van der Waals surface area (Å²) in [6, 6.07) is 0.490. The van der Waals surface area contributed by atoms with Crippen molar-refractivity contribution >= 4 is 24.8 Å². The molecule has 2 nitrogen and oxygen atoms in total. The monoisotopic (exact) mass is 216 g/mol. The maximum absolute atomic E-state index is 12.8. The van der Waals surface area contributed by atoms with Gasteiger partial charge in [0.15, 0.2) is 0 Å². The number of halogens is 3. The molecule has 0 saturated carbocycles. The van der Waals surface area contributed by atoms with Crippen molar-refractivity contribution in [2.45, 2.75) is 18.6 Å². The van der Waals surface area contributed by atoms with Crippen molar-refractivity contribution in [3.63, 3.8) is 0 Å². The maximum Gasteiger partial charge on any atom is 0.114 e. The highest BCUT2D eigenvalue weighted by atomic mass is 35.5. The number of piperazine rings is 1. The second-order valence-corrected chi connectivity index (χ2v) is 3.19. The number of alkyl halides is 1. The minimum atomic E-state index is -0.565. The Morgan fingerprint density at radius 1 is 1.33 bits per heavy atom. The first-order valence-electron chi connectivity index (χ1n) is 3.95. The molecule has 2 rings (SSSR count). The summed E-state index contributed by atoms with van der Waals surface area (Å²) in [6.07, 6.45) is 0.178. The summed E-state index contributed by atoms with van der Waals surface area (Å²) in [6.45, 7) is 3.72. The third kappa shape index (κ3) is 2.46. The Balaban J connectivity index is 0.000000605. The first kappa shape index (κ1) is 12.4. The molecule has 2 heterocycles. The summed E-state index contributed by atoms with van der Waals surface area (Å²) in [5.74, 6) is 0. The Morgan fingerprint density at radius 2 is 2.08 bits per heavy atom. The van der Waals surface area contributed by atoms with E-state index in [4.69, 9.17) is 0 Å². The number of hydrogen-bond acceptors (Lipinski definition) is 2. The van der Waals surface area contributed by atoms with Gasteiger partial charge in [-0.15, -0.1) is 24.8 Å². The van der Waals surface area contributed by atoms with Gasteiger partial charge in [-0.25, -0.2) is 4.39 Å². The zero-order valence-corrected chi connectivity index (χ0v) is 8.46. The molecule has 5 heteroatoms. The van der Waals surface area contributed by atoms with Crippen LogP contribution in [0.25, 0.3) is 0 Å². The molecule has 12 heavy (non-hydrogen) atoms. The second-order valence-electron chi connectivity index (χ2n) is 3.19. The van der Waals surface area contributed by atoms with Crippen LogP contribution in [0.3, 0.4) is 0 Å². The summed E-state index contributed by atoms with van der Waals surface area (Å²) in [5, 5.41) is 3.27. The number of hydrogen-bond donors (Lipinski definition) is 1. The summed E-state index contributed by atoms with van der Waals surface area (Å²) < 4.78 is 12.8. The number of fused-ring (bicyclic) bond motifs is 1. The molecule has 2 aliphatic heterocycles. The fourth-order valence-electron chi connectivity index (χ4n) is 1.90. The van der Waals surface area contributed by atoms with E-state index in [0.717, 1.165) is 26.1 Å². The first-order valence-corrected chi connectivity index (χ1v) is 3.95. The van der Waals surface area contributed by atoms with Gasteiger partial charge in [0.05, 0.1) is 0 Å². The smallest absolute Gasteiger partial charge is 0.114 e. The van der Waals surface area contributed by atoms with Crippen LogP contribution in [0.5, 0.6) is 0 Å². The molecule has 2 aliphatic rings. The highest BCUT2D eigenvalue weighted by Gasteiger charge is 2.32. The Kier molecular flexibility index (Phi) is 5.41. The molecule has 1 N–H and O–H groups in total. The highest BCUT2D eigenvalue weighted by Crippen LogP contribution is 2.20. The van der Waals surface area contributed by atoms with E-state index in [0.29, 0.717) is 12.6 Å². The van der Waals surface area contributed by atoms with Gasteiger partial charge in [0.1, 0.15) is 6.17 Å². The minimum absolute atomic E-state index is 0. The highest BCUT2D eigenvalue weighted by molar-refractivity contribution is 5.85. The number of nitrogens with zero attached hydrogens (tertiary/aromatic N) is 1. The lowest BCUT2D eigenvalue weighted by atomic mass is 10.2. The molecule has 0 radical (unpaired) electrons. The van der Waals surface area contributed by atoms with Crippen molar-refractivity contribution in [2.24, 2.45) is 0 Å². The van der Waals surface area contributed by atoms with Crippen LogP contribution in [0.4, 0.5) is 4.39 Å². The lowest BCUT2D eigenvalue weighted by Crippen LogP contribution is -2.47. The van der Waals surface area contributed by atoms with E-state index in [1.807, 2.05) is 0 Å². The fraction of sp³-hybridized carbons (Fsp3) is 1.00. The van der Waals surface area contributed by atoms with E-state index in [9.17, 15) is 4.39 Å². The van der Waals surface area contributed by atoms with Crippen molar-refractivity contribution in [1.82, 2.24) is 10.2 Å². The van der Waals surface area contributed by atoms with Gasteiger partial charge in [-0.3, -0.25) is 4.90 Å². The molecule has 0 aliphatic carbocycles. The van der Waals surface area contributed by atoms with Gasteiger partial charge in [0.2, 0.25) is 0 Å². The van der Waals surface area contributed by atoms with E-state index in [1.165, 1.54) is 0 Å². The van der Waals surface area contributed by atoms with Gasteiger partial charge in [-0.2, -0.15) is 0 Å². The Bertz CT molecular complexity index is 123. The van der Waals surface area contributed by atoms with Crippen molar-refractivity contribution in [3.8, 4) is 0 Å². The predicted octanol–water partition coefficient (Wildman–Crippen LogP) is 0.846. The fourth-order valence-corrected chi connectivity index (χ4v) is 1.90. The molecule has 0 aromatic rings. The van der Waals surface area contributed by atoms with Crippen molar-refractivity contribution in [1.29, 1.82) is 0 Å².